The van der Waals surface area contributed by atoms with Crippen molar-refractivity contribution in [2.75, 3.05) is 32.7 Å². The standard InChI is InChI=1S/C24H22F3N5O4/c25-24(26,27)18-7-2-1-6-17(18)23(36)32-10-8-31(9-11-32)21(34)14-28-22(35)20-13-19(29-30-20)15-4-3-5-16(33)12-15/h1-7,12-13,33H,8-11,14H2,(H,28,35)(H,29,30). The summed E-state index contributed by atoms with van der Waals surface area (Å²) in [4.78, 5) is 40.3. The summed E-state index contributed by atoms with van der Waals surface area (Å²) in [5.74, 6) is -1.66. The zero-order valence-corrected chi connectivity index (χ0v) is 18.9. The van der Waals surface area contributed by atoms with Gasteiger partial charge in [-0.25, -0.2) is 0 Å². The van der Waals surface area contributed by atoms with Crippen molar-refractivity contribution >= 4 is 17.7 Å². The number of carbonyl (C=O) groups excluding carboxylic acids is 3. The van der Waals surface area contributed by atoms with Gasteiger partial charge in [-0.2, -0.15) is 18.3 Å². The summed E-state index contributed by atoms with van der Waals surface area (Å²) in [5.41, 5.74) is -0.235. The molecular formula is C24H22F3N5O4. The van der Waals surface area contributed by atoms with Gasteiger partial charge in [-0.3, -0.25) is 19.5 Å². The van der Waals surface area contributed by atoms with E-state index >= 15 is 0 Å². The molecular weight excluding hydrogens is 479 g/mol. The van der Waals surface area contributed by atoms with Crippen LogP contribution in [0.3, 0.4) is 0 Å². The highest BCUT2D eigenvalue weighted by atomic mass is 19.4. The third-order valence-electron chi connectivity index (χ3n) is 5.75. The molecule has 1 aromatic heterocycles. The van der Waals surface area contributed by atoms with Gasteiger partial charge in [-0.1, -0.05) is 24.3 Å². The summed E-state index contributed by atoms with van der Waals surface area (Å²) in [6.07, 6.45) is -4.65. The van der Waals surface area contributed by atoms with E-state index in [4.69, 9.17) is 0 Å². The first-order valence-corrected chi connectivity index (χ1v) is 11.0. The molecule has 0 aliphatic carbocycles. The molecule has 188 valence electrons. The lowest BCUT2D eigenvalue weighted by molar-refractivity contribution is -0.138. The van der Waals surface area contributed by atoms with Gasteiger partial charge in [0, 0.05) is 31.7 Å². The second kappa shape index (κ2) is 10.1. The number of rotatable bonds is 5. The van der Waals surface area contributed by atoms with Crippen LogP contribution in [0, 0.1) is 0 Å². The molecule has 2 aromatic carbocycles. The van der Waals surface area contributed by atoms with Gasteiger partial charge in [0.2, 0.25) is 5.91 Å². The third-order valence-corrected chi connectivity index (χ3v) is 5.75. The normalized spacial score (nSPS) is 14.0. The van der Waals surface area contributed by atoms with E-state index in [9.17, 15) is 32.7 Å². The molecule has 4 rings (SSSR count). The van der Waals surface area contributed by atoms with Gasteiger partial charge in [0.05, 0.1) is 23.4 Å². The Bertz CT molecular complexity index is 1280. The van der Waals surface area contributed by atoms with Crippen LogP contribution in [0.5, 0.6) is 5.75 Å². The van der Waals surface area contributed by atoms with Crippen molar-refractivity contribution in [3.8, 4) is 17.0 Å². The minimum absolute atomic E-state index is 0.0555. The molecule has 0 radical (unpaired) electrons. The lowest BCUT2D eigenvalue weighted by Crippen LogP contribution is -2.52. The van der Waals surface area contributed by atoms with Gasteiger partial charge in [0.25, 0.3) is 11.8 Å². The monoisotopic (exact) mass is 501 g/mol. The molecule has 2 heterocycles. The van der Waals surface area contributed by atoms with Crippen LogP contribution in [-0.4, -0.2) is 75.5 Å². The van der Waals surface area contributed by atoms with Crippen molar-refractivity contribution in [3.63, 3.8) is 0 Å². The zero-order valence-electron chi connectivity index (χ0n) is 18.9. The molecule has 1 aliphatic heterocycles. The van der Waals surface area contributed by atoms with Gasteiger partial charge in [0.15, 0.2) is 5.69 Å². The predicted molar refractivity (Wildman–Crippen MR) is 122 cm³/mol. The van der Waals surface area contributed by atoms with Crippen LogP contribution in [0.4, 0.5) is 13.2 Å². The second-order valence-electron chi connectivity index (χ2n) is 8.12. The number of amides is 3. The van der Waals surface area contributed by atoms with Crippen LogP contribution in [0.2, 0.25) is 0 Å². The number of H-pyrrole nitrogens is 1. The Morgan fingerprint density at radius 1 is 0.972 bits per heavy atom. The minimum atomic E-state index is -4.65. The van der Waals surface area contributed by atoms with Crippen molar-refractivity contribution < 1.29 is 32.7 Å². The molecule has 1 fully saturated rings. The van der Waals surface area contributed by atoms with E-state index in [0.717, 1.165) is 12.1 Å². The summed E-state index contributed by atoms with van der Waals surface area (Å²) in [7, 11) is 0. The molecule has 0 spiro atoms. The first kappa shape index (κ1) is 24.8. The van der Waals surface area contributed by atoms with Crippen molar-refractivity contribution in [2.45, 2.75) is 6.18 Å². The number of phenols is 1. The van der Waals surface area contributed by atoms with Gasteiger partial charge in [-0.05, 0) is 30.3 Å². The highest BCUT2D eigenvalue weighted by molar-refractivity contribution is 5.97. The van der Waals surface area contributed by atoms with E-state index in [1.54, 1.807) is 12.1 Å². The van der Waals surface area contributed by atoms with E-state index in [-0.39, 0.29) is 44.2 Å². The van der Waals surface area contributed by atoms with Crippen LogP contribution in [0.1, 0.15) is 26.4 Å². The lowest BCUT2D eigenvalue weighted by Gasteiger charge is -2.35. The molecule has 3 N–H and O–H groups in total. The fourth-order valence-corrected chi connectivity index (χ4v) is 3.86. The summed E-state index contributed by atoms with van der Waals surface area (Å²) in [6.45, 7) is 0.0735. The molecule has 3 amide bonds. The van der Waals surface area contributed by atoms with Crippen molar-refractivity contribution in [1.82, 2.24) is 25.3 Å². The number of alkyl halides is 3. The first-order chi connectivity index (χ1) is 17.1. The SMILES string of the molecule is O=C(NCC(=O)N1CCN(C(=O)c2ccccc2C(F)(F)F)CC1)c1cc(-c2cccc(O)c2)[nH]n1. The number of nitrogens with zero attached hydrogens (tertiary/aromatic N) is 3. The second-order valence-corrected chi connectivity index (χ2v) is 8.12. The Morgan fingerprint density at radius 3 is 2.36 bits per heavy atom. The maximum Gasteiger partial charge on any atom is 0.417 e. The number of aromatic nitrogens is 2. The largest absolute Gasteiger partial charge is 0.508 e. The fourth-order valence-electron chi connectivity index (χ4n) is 3.86. The molecule has 0 saturated carbocycles. The number of piperazine rings is 1. The number of hydrogen-bond donors (Lipinski definition) is 3. The number of carbonyl (C=O) groups is 3. The summed E-state index contributed by atoms with van der Waals surface area (Å²) in [5, 5.41) is 18.7. The average molecular weight is 501 g/mol. The maximum atomic E-state index is 13.2. The van der Waals surface area contributed by atoms with E-state index in [2.05, 4.69) is 15.5 Å². The average Bonchev–Trinajstić information content (AvgIpc) is 3.37. The van der Waals surface area contributed by atoms with E-state index in [1.165, 1.54) is 40.1 Å². The maximum absolute atomic E-state index is 13.2. The van der Waals surface area contributed by atoms with Gasteiger partial charge in [0.1, 0.15) is 5.75 Å². The van der Waals surface area contributed by atoms with Crippen LogP contribution in [0.25, 0.3) is 11.3 Å². The number of aromatic hydroxyl groups is 1. The van der Waals surface area contributed by atoms with Gasteiger partial charge >= 0.3 is 6.18 Å². The molecule has 0 atom stereocenters. The smallest absolute Gasteiger partial charge is 0.417 e. The first-order valence-electron chi connectivity index (χ1n) is 11.0. The Hall–Kier alpha value is -4.35. The van der Waals surface area contributed by atoms with E-state index < -0.39 is 35.0 Å². The molecule has 1 aliphatic rings. The molecule has 36 heavy (non-hydrogen) atoms. The highest BCUT2D eigenvalue weighted by Gasteiger charge is 2.36. The molecule has 12 heteroatoms. The summed E-state index contributed by atoms with van der Waals surface area (Å²) >= 11 is 0. The van der Waals surface area contributed by atoms with Crippen LogP contribution in [-0.2, 0) is 11.0 Å². The number of aromatic amines is 1. The van der Waals surface area contributed by atoms with Crippen molar-refractivity contribution in [2.24, 2.45) is 0 Å². The topological polar surface area (TPSA) is 119 Å². The van der Waals surface area contributed by atoms with Gasteiger partial charge < -0.3 is 20.2 Å². The number of halogens is 3. The number of hydrogen-bond acceptors (Lipinski definition) is 5. The Labute approximate surface area is 203 Å². The van der Waals surface area contributed by atoms with Crippen molar-refractivity contribution in [3.05, 3.63) is 71.4 Å². The fraction of sp³-hybridized carbons (Fsp3) is 0.250. The number of nitrogens with one attached hydrogen (secondary N) is 2. The Kier molecular flexibility index (Phi) is 6.95. The molecule has 3 aromatic rings. The molecule has 1 saturated heterocycles. The van der Waals surface area contributed by atoms with Crippen LogP contribution in [0.15, 0.2) is 54.6 Å². The van der Waals surface area contributed by atoms with Crippen LogP contribution < -0.4 is 5.32 Å². The quantitative estimate of drug-likeness (QED) is 0.497. The molecule has 0 bridgehead atoms. The molecule has 0 unspecified atom stereocenters. The zero-order chi connectivity index (χ0) is 25.9. The van der Waals surface area contributed by atoms with Crippen molar-refractivity contribution in [1.29, 1.82) is 0 Å². The summed E-state index contributed by atoms with van der Waals surface area (Å²) in [6, 6.07) is 12.5. The van der Waals surface area contributed by atoms with Gasteiger partial charge in [-0.15, -0.1) is 0 Å². The number of phenolic OH excluding ortho intramolecular Hbond substituents is 1. The van der Waals surface area contributed by atoms with Crippen LogP contribution >= 0.6 is 0 Å². The molecule has 9 nitrogen and oxygen atoms in total. The Morgan fingerprint density at radius 2 is 1.67 bits per heavy atom. The number of benzene rings is 2. The highest BCUT2D eigenvalue weighted by Crippen LogP contribution is 2.32. The Balaban J connectivity index is 1.29. The minimum Gasteiger partial charge on any atom is -0.508 e. The lowest BCUT2D eigenvalue weighted by atomic mass is 10.1. The summed E-state index contributed by atoms with van der Waals surface area (Å²) < 4.78 is 39.7. The predicted octanol–water partition coefficient (Wildman–Crippen LogP) is 2.52. The van der Waals surface area contributed by atoms with E-state index in [0.29, 0.717) is 11.3 Å². The van der Waals surface area contributed by atoms with E-state index in [1.807, 2.05) is 0 Å². The third kappa shape index (κ3) is 5.48.